The Kier molecular flexibility index (Phi) is 5.71. The van der Waals surface area contributed by atoms with Crippen LogP contribution >= 0.6 is 0 Å². The molecule has 0 spiro atoms. The quantitative estimate of drug-likeness (QED) is 0.543. The van der Waals surface area contributed by atoms with Crippen molar-refractivity contribution in [3.8, 4) is 0 Å². The minimum atomic E-state index is -0.519. The number of nitrogen functional groups attached to an aromatic ring is 1. The van der Waals surface area contributed by atoms with Crippen molar-refractivity contribution in [2.75, 3.05) is 12.3 Å². The van der Waals surface area contributed by atoms with Gasteiger partial charge in [0, 0.05) is 19.8 Å². The van der Waals surface area contributed by atoms with Crippen LogP contribution in [0.1, 0.15) is 39.7 Å². The molecule has 2 heterocycles. The highest BCUT2D eigenvalue weighted by atomic mass is 16.6. The first-order valence-electron chi connectivity index (χ1n) is 9.41. The molecule has 29 heavy (non-hydrogen) atoms. The van der Waals surface area contributed by atoms with Crippen LogP contribution in [-0.4, -0.2) is 44.2 Å². The second-order valence-electron chi connectivity index (χ2n) is 7.64. The molecule has 1 aliphatic carbocycles. The van der Waals surface area contributed by atoms with E-state index in [0.717, 1.165) is 0 Å². The third-order valence-electron chi connectivity index (χ3n) is 4.92. The number of hydrogen-bond donors (Lipinski definition) is 2. The van der Waals surface area contributed by atoms with Gasteiger partial charge in [-0.25, -0.2) is 4.98 Å². The van der Waals surface area contributed by atoms with Gasteiger partial charge in [-0.05, 0) is 11.5 Å². The molecule has 1 fully saturated rings. The molecule has 0 saturated heterocycles. The van der Waals surface area contributed by atoms with Gasteiger partial charge in [0.05, 0.1) is 18.3 Å². The van der Waals surface area contributed by atoms with Crippen molar-refractivity contribution in [3.05, 3.63) is 28.8 Å². The van der Waals surface area contributed by atoms with Crippen LogP contribution in [0, 0.1) is 11.8 Å². The molecular weight excluding hydrogens is 378 g/mol. The molecule has 156 valence electrons. The van der Waals surface area contributed by atoms with Gasteiger partial charge in [0.25, 0.3) is 5.56 Å². The van der Waals surface area contributed by atoms with E-state index in [2.05, 4.69) is 21.5 Å². The number of carbonyl (C=O) groups excluding carboxylic acids is 2. The molecule has 0 bridgehead atoms. The summed E-state index contributed by atoms with van der Waals surface area (Å²) in [4.78, 5) is 46.3. The highest BCUT2D eigenvalue weighted by Gasteiger charge is 2.42. The van der Waals surface area contributed by atoms with E-state index in [1.807, 2.05) is 13.8 Å². The first kappa shape index (κ1) is 20.6. The molecule has 0 aromatic carbocycles. The van der Waals surface area contributed by atoms with Crippen molar-refractivity contribution in [2.24, 2.45) is 11.8 Å². The van der Waals surface area contributed by atoms with Gasteiger partial charge in [-0.1, -0.05) is 20.4 Å². The monoisotopic (exact) mass is 403 g/mol. The summed E-state index contributed by atoms with van der Waals surface area (Å²) in [5.74, 6) is -0.990. The molecule has 2 aromatic heterocycles. The van der Waals surface area contributed by atoms with Gasteiger partial charge in [0.1, 0.15) is 12.7 Å². The van der Waals surface area contributed by atoms with Gasteiger partial charge < -0.3 is 19.8 Å². The molecule has 0 aliphatic heterocycles. The average molecular weight is 403 g/mol. The molecule has 10 nitrogen and oxygen atoms in total. The highest BCUT2D eigenvalue weighted by Crippen LogP contribution is 2.42. The lowest BCUT2D eigenvalue weighted by Crippen LogP contribution is -2.27. The molecule has 10 heteroatoms. The SMILES string of the molecule is C=C1C(COC(C)=O)C(OC(=O)CC(C)C)CC1n1cnc2c(=O)[nH]c(N)nc21. The Bertz CT molecular complexity index is 1010. The van der Waals surface area contributed by atoms with Crippen molar-refractivity contribution >= 4 is 29.1 Å². The van der Waals surface area contributed by atoms with E-state index in [-0.39, 0.29) is 48.3 Å². The fourth-order valence-corrected chi connectivity index (χ4v) is 3.59. The van der Waals surface area contributed by atoms with Crippen LogP contribution < -0.4 is 11.3 Å². The molecule has 1 aliphatic rings. The Labute approximate surface area is 167 Å². The van der Waals surface area contributed by atoms with E-state index < -0.39 is 17.6 Å². The van der Waals surface area contributed by atoms with E-state index in [9.17, 15) is 14.4 Å². The van der Waals surface area contributed by atoms with Gasteiger partial charge in [0.2, 0.25) is 5.95 Å². The van der Waals surface area contributed by atoms with Crippen LogP contribution in [0.4, 0.5) is 5.95 Å². The van der Waals surface area contributed by atoms with E-state index in [0.29, 0.717) is 17.6 Å². The van der Waals surface area contributed by atoms with E-state index in [4.69, 9.17) is 15.2 Å². The third-order valence-corrected chi connectivity index (χ3v) is 4.92. The summed E-state index contributed by atoms with van der Waals surface area (Å²) in [6, 6.07) is -0.342. The van der Waals surface area contributed by atoms with Gasteiger partial charge in [-0.3, -0.25) is 19.4 Å². The number of aromatic amines is 1. The number of nitrogens with two attached hydrogens (primary N) is 1. The van der Waals surface area contributed by atoms with Crippen LogP contribution in [-0.2, 0) is 19.1 Å². The predicted molar refractivity (Wildman–Crippen MR) is 105 cm³/mol. The highest BCUT2D eigenvalue weighted by molar-refractivity contribution is 5.71. The smallest absolute Gasteiger partial charge is 0.306 e. The number of carbonyl (C=O) groups is 2. The maximum atomic E-state index is 12.2. The molecule has 0 amide bonds. The van der Waals surface area contributed by atoms with Crippen molar-refractivity contribution in [3.63, 3.8) is 0 Å². The summed E-state index contributed by atoms with van der Waals surface area (Å²) in [5.41, 5.74) is 6.41. The molecular formula is C19H25N5O5. The van der Waals surface area contributed by atoms with Gasteiger partial charge in [-0.2, -0.15) is 4.98 Å². The molecule has 3 rings (SSSR count). The van der Waals surface area contributed by atoms with Gasteiger partial charge in [-0.15, -0.1) is 0 Å². The number of imidazole rings is 1. The maximum Gasteiger partial charge on any atom is 0.306 e. The summed E-state index contributed by atoms with van der Waals surface area (Å²) in [7, 11) is 0. The Morgan fingerprint density at radius 3 is 2.83 bits per heavy atom. The molecule has 3 unspecified atom stereocenters. The summed E-state index contributed by atoms with van der Waals surface area (Å²) < 4.78 is 12.6. The maximum absolute atomic E-state index is 12.2. The number of hydrogen-bond acceptors (Lipinski definition) is 8. The van der Waals surface area contributed by atoms with E-state index >= 15 is 0 Å². The lowest BCUT2D eigenvalue weighted by atomic mass is 10.0. The van der Waals surface area contributed by atoms with Crippen LogP contribution in [0.3, 0.4) is 0 Å². The minimum Gasteiger partial charge on any atom is -0.465 e. The molecule has 3 atom stereocenters. The zero-order valence-corrected chi connectivity index (χ0v) is 16.7. The molecule has 0 radical (unpaired) electrons. The number of nitrogens with one attached hydrogen (secondary N) is 1. The van der Waals surface area contributed by atoms with Crippen LogP contribution in [0.2, 0.25) is 0 Å². The van der Waals surface area contributed by atoms with Crippen molar-refractivity contribution in [1.29, 1.82) is 0 Å². The van der Waals surface area contributed by atoms with Crippen molar-refractivity contribution in [2.45, 2.75) is 45.8 Å². The molecule has 2 aromatic rings. The number of H-pyrrole nitrogens is 1. The zero-order valence-electron chi connectivity index (χ0n) is 16.7. The summed E-state index contributed by atoms with van der Waals surface area (Å²) >= 11 is 0. The Morgan fingerprint density at radius 2 is 2.17 bits per heavy atom. The van der Waals surface area contributed by atoms with E-state index in [1.165, 1.54) is 13.3 Å². The number of nitrogens with zero attached hydrogens (tertiary/aromatic N) is 3. The van der Waals surface area contributed by atoms with E-state index in [1.54, 1.807) is 4.57 Å². The van der Waals surface area contributed by atoms with Gasteiger partial charge >= 0.3 is 11.9 Å². The van der Waals surface area contributed by atoms with Crippen LogP contribution in [0.5, 0.6) is 0 Å². The fourth-order valence-electron chi connectivity index (χ4n) is 3.59. The number of aromatic nitrogens is 4. The summed E-state index contributed by atoms with van der Waals surface area (Å²) in [5, 5.41) is 0. The fraction of sp³-hybridized carbons (Fsp3) is 0.526. The normalized spacial score (nSPS) is 21.7. The molecule has 1 saturated carbocycles. The average Bonchev–Trinajstić information content (AvgIpc) is 3.13. The number of anilines is 1. The number of fused-ring (bicyclic) bond motifs is 1. The summed E-state index contributed by atoms with van der Waals surface area (Å²) in [6.45, 7) is 9.37. The summed E-state index contributed by atoms with van der Waals surface area (Å²) in [6.07, 6.45) is 1.66. The third kappa shape index (κ3) is 4.30. The second-order valence-corrected chi connectivity index (χ2v) is 7.64. The lowest BCUT2D eigenvalue weighted by molar-refractivity contribution is -0.153. The minimum absolute atomic E-state index is 0.0239. The lowest BCUT2D eigenvalue weighted by Gasteiger charge is -2.20. The first-order valence-corrected chi connectivity index (χ1v) is 9.41. The first-order chi connectivity index (χ1) is 13.7. The van der Waals surface area contributed by atoms with Crippen molar-refractivity contribution < 1.29 is 19.1 Å². The largest absolute Gasteiger partial charge is 0.465 e. The Balaban J connectivity index is 1.92. The number of esters is 2. The number of ether oxygens (including phenoxy) is 2. The topological polar surface area (TPSA) is 142 Å². The van der Waals surface area contributed by atoms with Crippen LogP contribution in [0.15, 0.2) is 23.3 Å². The van der Waals surface area contributed by atoms with Crippen molar-refractivity contribution in [1.82, 2.24) is 19.5 Å². The second kappa shape index (κ2) is 8.06. The Morgan fingerprint density at radius 1 is 1.45 bits per heavy atom. The Hall–Kier alpha value is -3.17. The standard InChI is InChI=1S/C19H25N5O5/c1-9(2)5-15(26)29-14-6-13(10(3)12(14)7-28-11(4)25)24-8-21-16-17(24)22-19(20)23-18(16)27/h8-9,12-14H,3,5-7H2,1-2,4H3,(H3,20,22,23,27). The number of rotatable bonds is 6. The zero-order chi connectivity index (χ0) is 21.3. The predicted octanol–water partition coefficient (Wildman–Crippen LogP) is 1.34. The molecule has 3 N–H and O–H groups in total. The van der Waals surface area contributed by atoms with Gasteiger partial charge in [0.15, 0.2) is 11.2 Å². The van der Waals surface area contributed by atoms with Crippen LogP contribution in [0.25, 0.3) is 11.2 Å².